The van der Waals surface area contributed by atoms with Crippen molar-refractivity contribution in [2.75, 3.05) is 5.32 Å². The van der Waals surface area contributed by atoms with Crippen LogP contribution in [0.5, 0.6) is 0 Å². The van der Waals surface area contributed by atoms with Crippen LogP contribution in [0.15, 0.2) is 41.0 Å². The van der Waals surface area contributed by atoms with E-state index in [-0.39, 0.29) is 0 Å². The smallest absolute Gasteiger partial charge is 0.0511 e. The van der Waals surface area contributed by atoms with Gasteiger partial charge >= 0.3 is 0 Å². The van der Waals surface area contributed by atoms with E-state index in [0.29, 0.717) is 4.48 Å². The molecule has 0 amide bonds. The van der Waals surface area contributed by atoms with Crippen molar-refractivity contribution in [3.8, 4) is 0 Å². The molecule has 0 aliphatic heterocycles. The molecule has 0 radical (unpaired) electrons. The molecule has 3 heteroatoms. The molecule has 62 valence electrons. The van der Waals surface area contributed by atoms with E-state index in [1.807, 2.05) is 30.3 Å². The zero-order valence-electron chi connectivity index (χ0n) is 6.42. The summed E-state index contributed by atoms with van der Waals surface area (Å²) in [6.07, 6.45) is 2.96. The second kappa shape index (κ2) is 4.72. The average Bonchev–Trinajstić information content (AvgIpc) is 2.16. The van der Waals surface area contributed by atoms with E-state index in [1.54, 1.807) is 6.20 Å². The zero-order valence-corrected chi connectivity index (χ0v) is 8.01. The fourth-order valence-corrected chi connectivity index (χ4v) is 0.843. The minimum absolute atomic E-state index is 0.714. The van der Waals surface area contributed by atoms with E-state index in [4.69, 9.17) is 5.41 Å². The van der Waals surface area contributed by atoms with Crippen LogP contribution in [-0.2, 0) is 0 Å². The molecule has 0 unspecified atom stereocenters. The molecule has 0 saturated carbocycles. The summed E-state index contributed by atoms with van der Waals surface area (Å²) in [4.78, 5) is 0. The SMILES string of the molecule is N=C/C(Br)=C\Nc1ccccc1. The molecule has 0 bridgehead atoms. The number of para-hydroxylation sites is 1. The largest absolute Gasteiger partial charge is 0.361 e. The highest BCUT2D eigenvalue weighted by molar-refractivity contribution is 9.12. The Morgan fingerprint density at radius 1 is 1.33 bits per heavy atom. The third-order valence-electron chi connectivity index (χ3n) is 1.29. The van der Waals surface area contributed by atoms with Crippen LogP contribution in [0.3, 0.4) is 0 Å². The van der Waals surface area contributed by atoms with Crippen LogP contribution >= 0.6 is 15.9 Å². The second-order valence-corrected chi connectivity index (χ2v) is 3.10. The normalized spacial score (nSPS) is 10.9. The quantitative estimate of drug-likeness (QED) is 0.762. The van der Waals surface area contributed by atoms with Crippen molar-refractivity contribution in [3.63, 3.8) is 0 Å². The van der Waals surface area contributed by atoms with Crippen molar-refractivity contribution in [3.05, 3.63) is 41.0 Å². The molecule has 0 aliphatic carbocycles. The lowest BCUT2D eigenvalue weighted by molar-refractivity contribution is 1.55. The maximum absolute atomic E-state index is 6.89. The minimum atomic E-state index is 0.714. The van der Waals surface area contributed by atoms with Crippen LogP contribution in [0.4, 0.5) is 5.69 Å². The fraction of sp³-hybridized carbons (Fsp3) is 0. The van der Waals surface area contributed by atoms with Crippen LogP contribution < -0.4 is 5.32 Å². The van der Waals surface area contributed by atoms with Gasteiger partial charge in [0.25, 0.3) is 0 Å². The fourth-order valence-electron chi connectivity index (χ4n) is 0.728. The summed E-state index contributed by atoms with van der Waals surface area (Å²) < 4.78 is 0.714. The topological polar surface area (TPSA) is 35.9 Å². The lowest BCUT2D eigenvalue weighted by Gasteiger charge is -1.98. The van der Waals surface area contributed by atoms with Gasteiger partial charge in [-0.3, -0.25) is 0 Å². The Labute approximate surface area is 79.9 Å². The van der Waals surface area contributed by atoms with Crippen molar-refractivity contribution in [2.24, 2.45) is 0 Å². The summed E-state index contributed by atoms with van der Waals surface area (Å²) in [6.45, 7) is 0. The molecule has 2 nitrogen and oxygen atoms in total. The van der Waals surface area contributed by atoms with Crippen LogP contribution in [0, 0.1) is 5.41 Å². The molecular weight excluding hydrogens is 216 g/mol. The van der Waals surface area contributed by atoms with Gasteiger partial charge in [-0.2, -0.15) is 0 Å². The third kappa shape index (κ3) is 2.88. The van der Waals surface area contributed by atoms with E-state index < -0.39 is 0 Å². The maximum atomic E-state index is 6.89. The number of allylic oxidation sites excluding steroid dienone is 1. The number of hydrogen-bond acceptors (Lipinski definition) is 2. The van der Waals surface area contributed by atoms with E-state index in [0.717, 1.165) is 5.69 Å². The molecule has 0 heterocycles. The maximum Gasteiger partial charge on any atom is 0.0511 e. The molecule has 0 saturated heterocycles. The van der Waals surface area contributed by atoms with Crippen LogP contribution in [0.2, 0.25) is 0 Å². The van der Waals surface area contributed by atoms with Gasteiger partial charge in [0.1, 0.15) is 0 Å². The van der Waals surface area contributed by atoms with Crippen molar-refractivity contribution < 1.29 is 0 Å². The first-order valence-corrected chi connectivity index (χ1v) is 4.30. The molecule has 1 aromatic carbocycles. The average molecular weight is 225 g/mol. The molecule has 0 aromatic heterocycles. The highest BCUT2D eigenvalue weighted by Gasteiger charge is 1.85. The third-order valence-corrected chi connectivity index (χ3v) is 1.75. The van der Waals surface area contributed by atoms with E-state index in [9.17, 15) is 0 Å². The number of nitrogens with one attached hydrogen (secondary N) is 2. The predicted molar refractivity (Wildman–Crippen MR) is 55.9 cm³/mol. The predicted octanol–water partition coefficient (Wildman–Crippen LogP) is 2.98. The summed E-state index contributed by atoms with van der Waals surface area (Å²) >= 11 is 3.19. The Bertz CT molecular complexity index is 280. The van der Waals surface area contributed by atoms with Gasteiger partial charge < -0.3 is 10.7 Å². The minimum Gasteiger partial charge on any atom is -0.361 e. The van der Waals surface area contributed by atoms with E-state index in [2.05, 4.69) is 21.2 Å². The monoisotopic (exact) mass is 224 g/mol. The summed E-state index contributed by atoms with van der Waals surface area (Å²) in [5, 5.41) is 9.93. The first-order chi connectivity index (χ1) is 5.83. The summed E-state index contributed by atoms with van der Waals surface area (Å²) in [7, 11) is 0. The molecule has 0 fully saturated rings. The number of rotatable bonds is 3. The van der Waals surface area contributed by atoms with E-state index in [1.165, 1.54) is 6.21 Å². The molecular formula is C9H9BrN2. The van der Waals surface area contributed by atoms with Gasteiger partial charge in [0.15, 0.2) is 0 Å². The van der Waals surface area contributed by atoms with Gasteiger partial charge in [0.2, 0.25) is 0 Å². The summed E-state index contributed by atoms with van der Waals surface area (Å²) in [5.41, 5.74) is 1.01. The molecule has 2 N–H and O–H groups in total. The van der Waals surface area contributed by atoms with Crippen molar-refractivity contribution in [1.29, 1.82) is 5.41 Å². The van der Waals surface area contributed by atoms with Crippen molar-refractivity contribution >= 4 is 27.8 Å². The Morgan fingerprint density at radius 3 is 2.58 bits per heavy atom. The van der Waals surface area contributed by atoms with Gasteiger partial charge in [-0.15, -0.1) is 0 Å². The second-order valence-electron chi connectivity index (χ2n) is 2.18. The van der Waals surface area contributed by atoms with E-state index >= 15 is 0 Å². The van der Waals surface area contributed by atoms with Gasteiger partial charge in [0.05, 0.1) is 4.48 Å². The lowest BCUT2D eigenvalue weighted by Crippen LogP contribution is -1.87. The Kier molecular flexibility index (Phi) is 3.54. The first kappa shape index (κ1) is 9.00. The highest BCUT2D eigenvalue weighted by Crippen LogP contribution is 2.07. The molecule has 1 rings (SSSR count). The molecule has 1 aromatic rings. The van der Waals surface area contributed by atoms with Gasteiger partial charge in [-0.1, -0.05) is 18.2 Å². The van der Waals surface area contributed by atoms with Crippen molar-refractivity contribution in [1.82, 2.24) is 0 Å². The number of benzene rings is 1. The number of anilines is 1. The van der Waals surface area contributed by atoms with Gasteiger partial charge in [-0.25, -0.2) is 0 Å². The molecule has 0 aliphatic rings. The summed E-state index contributed by atoms with van der Waals surface area (Å²) in [5.74, 6) is 0. The molecule has 0 atom stereocenters. The lowest BCUT2D eigenvalue weighted by atomic mass is 10.3. The van der Waals surface area contributed by atoms with Gasteiger partial charge in [0, 0.05) is 18.1 Å². The first-order valence-electron chi connectivity index (χ1n) is 3.50. The molecule has 0 spiro atoms. The summed E-state index contributed by atoms with van der Waals surface area (Å²) in [6, 6.07) is 9.78. The van der Waals surface area contributed by atoms with Crippen LogP contribution in [0.25, 0.3) is 0 Å². The highest BCUT2D eigenvalue weighted by atomic mass is 79.9. The number of hydrogen-bond donors (Lipinski definition) is 2. The van der Waals surface area contributed by atoms with Crippen LogP contribution in [0.1, 0.15) is 0 Å². The van der Waals surface area contributed by atoms with Gasteiger partial charge in [-0.05, 0) is 28.1 Å². The van der Waals surface area contributed by atoms with Crippen LogP contribution in [-0.4, -0.2) is 6.21 Å². The molecule has 12 heavy (non-hydrogen) atoms. The Hall–Kier alpha value is -1.09. The Morgan fingerprint density at radius 2 is 2.00 bits per heavy atom. The Balaban J connectivity index is 2.60. The standard InChI is InChI=1S/C9H9BrN2/c10-8(6-11)7-12-9-4-2-1-3-5-9/h1-7,11-12H/b8-7+,11-6?. The number of halogens is 1. The zero-order chi connectivity index (χ0) is 8.81. The van der Waals surface area contributed by atoms with Crippen molar-refractivity contribution in [2.45, 2.75) is 0 Å².